The van der Waals surface area contributed by atoms with Gasteiger partial charge in [-0.1, -0.05) is 55.8 Å². The van der Waals surface area contributed by atoms with Crippen molar-refractivity contribution in [2.45, 2.75) is 94.9 Å². The molecule has 226 valence electrons. The van der Waals surface area contributed by atoms with Crippen molar-refractivity contribution >= 4 is 23.3 Å². The Kier molecular flexibility index (Phi) is 7.44. The van der Waals surface area contributed by atoms with E-state index in [-0.39, 0.29) is 5.41 Å². The summed E-state index contributed by atoms with van der Waals surface area (Å²) in [4.78, 5) is 19.9. The number of aryl methyl sites for hydroxylation is 1. The molecule has 3 aliphatic carbocycles. The fourth-order valence-corrected chi connectivity index (χ4v) is 9.52. The summed E-state index contributed by atoms with van der Waals surface area (Å²) in [5, 5.41) is 11.5. The number of halogens is 1. The molecule has 2 heterocycles. The van der Waals surface area contributed by atoms with Crippen LogP contribution in [-0.2, 0) is 29.5 Å². The number of hydrogen-bond acceptors (Lipinski definition) is 4. The normalized spacial score (nSPS) is 28.3. The summed E-state index contributed by atoms with van der Waals surface area (Å²) in [6.45, 7) is 6.02. The summed E-state index contributed by atoms with van der Waals surface area (Å²) in [7, 11) is 0. The lowest BCUT2D eigenvalue weighted by Gasteiger charge is -2.50. The summed E-state index contributed by atoms with van der Waals surface area (Å²) in [5.41, 5.74) is 6.63. The molecule has 1 saturated carbocycles. The average molecular weight is 599 g/mol. The van der Waals surface area contributed by atoms with Crippen LogP contribution in [0.4, 0.5) is 5.69 Å². The number of carboxylic acids is 1. The Labute approximate surface area is 260 Å². The molecule has 0 saturated heterocycles. The van der Waals surface area contributed by atoms with Crippen LogP contribution in [0.1, 0.15) is 92.7 Å². The molecule has 1 N–H and O–H groups in total. The third kappa shape index (κ3) is 4.74. The number of hydrogen-bond donors (Lipinski definition) is 1. The second-order valence-corrected chi connectivity index (χ2v) is 14.2. The second kappa shape index (κ2) is 11.1. The van der Waals surface area contributed by atoms with E-state index in [0.717, 1.165) is 60.5 Å². The van der Waals surface area contributed by atoms with E-state index in [9.17, 15) is 9.90 Å². The lowest BCUT2D eigenvalue weighted by atomic mass is 9.59. The van der Waals surface area contributed by atoms with E-state index in [2.05, 4.69) is 60.1 Å². The average Bonchev–Trinajstić information content (AvgIpc) is 3.58. The van der Waals surface area contributed by atoms with Crippen molar-refractivity contribution in [2.24, 2.45) is 11.8 Å². The van der Waals surface area contributed by atoms with Gasteiger partial charge in [0.05, 0.1) is 6.61 Å². The summed E-state index contributed by atoms with van der Waals surface area (Å²) in [6.07, 6.45) is 11.3. The number of carboxylic acid groups (broad SMARTS) is 1. The molecule has 7 rings (SSSR count). The number of rotatable bonds is 7. The smallest absolute Gasteiger partial charge is 0.329 e. The van der Waals surface area contributed by atoms with Crippen LogP contribution in [0.3, 0.4) is 0 Å². The van der Waals surface area contributed by atoms with Gasteiger partial charge in [-0.05, 0) is 122 Å². The first-order valence-corrected chi connectivity index (χ1v) is 16.7. The first-order valence-electron chi connectivity index (χ1n) is 16.3. The van der Waals surface area contributed by atoms with Crippen molar-refractivity contribution in [2.75, 3.05) is 18.1 Å². The zero-order valence-electron chi connectivity index (χ0n) is 25.4. The lowest BCUT2D eigenvalue weighted by molar-refractivity contribution is -0.145. The highest BCUT2D eigenvalue weighted by Crippen LogP contribution is 2.57. The number of ether oxygens (including phenoxy) is 1. The van der Waals surface area contributed by atoms with Gasteiger partial charge in [-0.25, -0.2) is 4.79 Å². The van der Waals surface area contributed by atoms with Crippen LogP contribution < -0.4 is 9.64 Å². The van der Waals surface area contributed by atoms with Gasteiger partial charge in [0, 0.05) is 34.7 Å². The van der Waals surface area contributed by atoms with Crippen molar-refractivity contribution < 1.29 is 14.6 Å². The molecule has 1 aromatic heterocycles. The molecule has 1 fully saturated rings. The summed E-state index contributed by atoms with van der Waals surface area (Å²) in [5.74, 6) is 1.67. The van der Waals surface area contributed by atoms with Gasteiger partial charge in [-0.2, -0.15) is 0 Å². The van der Waals surface area contributed by atoms with Crippen molar-refractivity contribution in [3.05, 3.63) is 87.7 Å². The summed E-state index contributed by atoms with van der Waals surface area (Å²) >= 11 is 6.54. The molecular formula is C37H43ClN2O3. The van der Waals surface area contributed by atoms with E-state index in [1.807, 2.05) is 18.3 Å². The van der Waals surface area contributed by atoms with E-state index >= 15 is 0 Å². The number of anilines is 1. The Balaban J connectivity index is 1.11. The Morgan fingerprint density at radius 2 is 1.93 bits per heavy atom. The highest BCUT2D eigenvalue weighted by molar-refractivity contribution is 6.31. The van der Waals surface area contributed by atoms with Crippen molar-refractivity contribution in [3.63, 3.8) is 0 Å². The first-order chi connectivity index (χ1) is 20.8. The fourth-order valence-electron chi connectivity index (χ4n) is 9.25. The third-order valence-corrected chi connectivity index (χ3v) is 11.8. The molecule has 2 aromatic carbocycles. The van der Waals surface area contributed by atoms with Crippen LogP contribution in [0.15, 0.2) is 54.7 Å². The van der Waals surface area contributed by atoms with Gasteiger partial charge in [-0.3, -0.25) is 4.98 Å². The van der Waals surface area contributed by atoms with Gasteiger partial charge in [0.25, 0.3) is 0 Å². The zero-order valence-corrected chi connectivity index (χ0v) is 26.2. The number of aliphatic carboxylic acids is 1. The van der Waals surface area contributed by atoms with E-state index in [1.54, 1.807) is 0 Å². The van der Waals surface area contributed by atoms with Crippen LogP contribution in [0.2, 0.25) is 5.02 Å². The molecule has 0 radical (unpaired) electrons. The molecule has 4 aliphatic rings. The van der Waals surface area contributed by atoms with Crippen molar-refractivity contribution in [1.82, 2.24) is 4.98 Å². The highest BCUT2D eigenvalue weighted by atomic mass is 35.5. The van der Waals surface area contributed by atoms with Gasteiger partial charge in [0.15, 0.2) is 0 Å². The topological polar surface area (TPSA) is 62.7 Å². The van der Waals surface area contributed by atoms with Gasteiger partial charge in [0.2, 0.25) is 0 Å². The SMILES string of the molecule is C[C@@H](COc1ccnc2c1[C@H](C)CCC2)CC1Cc2ccccc2C12CCC(C(=O)O)(N1CCc3c(Cl)cccc31)CC2. The predicted octanol–water partition coefficient (Wildman–Crippen LogP) is 8.15. The molecule has 0 bridgehead atoms. The molecule has 43 heavy (non-hydrogen) atoms. The molecule has 3 atom stereocenters. The quantitative estimate of drug-likeness (QED) is 0.297. The van der Waals surface area contributed by atoms with Gasteiger partial charge < -0.3 is 14.7 Å². The minimum atomic E-state index is -0.894. The molecule has 1 aliphatic heterocycles. The summed E-state index contributed by atoms with van der Waals surface area (Å²) in [6, 6.07) is 16.9. The number of aromatic nitrogens is 1. The van der Waals surface area contributed by atoms with Gasteiger partial charge in [0.1, 0.15) is 11.3 Å². The largest absolute Gasteiger partial charge is 0.493 e. The van der Waals surface area contributed by atoms with Crippen molar-refractivity contribution in [3.8, 4) is 5.75 Å². The maximum atomic E-state index is 13.1. The predicted molar refractivity (Wildman–Crippen MR) is 172 cm³/mol. The molecule has 0 amide bonds. The molecule has 6 heteroatoms. The maximum absolute atomic E-state index is 13.1. The highest BCUT2D eigenvalue weighted by Gasteiger charge is 2.56. The molecular weight excluding hydrogens is 556 g/mol. The molecule has 1 spiro atoms. The van der Waals surface area contributed by atoms with E-state index in [4.69, 9.17) is 16.3 Å². The zero-order chi connectivity index (χ0) is 29.8. The number of carbonyl (C=O) groups is 1. The monoisotopic (exact) mass is 598 g/mol. The molecule has 3 aromatic rings. The first kappa shape index (κ1) is 28.7. The number of pyridine rings is 1. The number of benzene rings is 2. The minimum Gasteiger partial charge on any atom is -0.493 e. The van der Waals surface area contributed by atoms with E-state index in [1.165, 1.54) is 35.2 Å². The van der Waals surface area contributed by atoms with Crippen LogP contribution >= 0.6 is 11.6 Å². The van der Waals surface area contributed by atoms with E-state index < -0.39 is 11.5 Å². The Morgan fingerprint density at radius 1 is 1.12 bits per heavy atom. The lowest BCUT2D eigenvalue weighted by Crippen LogP contribution is -2.58. The number of fused-ring (bicyclic) bond motifs is 4. The fraction of sp³-hybridized carbons (Fsp3) is 0.514. The molecule has 1 unspecified atom stereocenters. The van der Waals surface area contributed by atoms with Crippen LogP contribution in [0, 0.1) is 11.8 Å². The maximum Gasteiger partial charge on any atom is 0.329 e. The van der Waals surface area contributed by atoms with Crippen LogP contribution in [-0.4, -0.2) is 34.8 Å². The van der Waals surface area contributed by atoms with Crippen molar-refractivity contribution in [1.29, 1.82) is 0 Å². The van der Waals surface area contributed by atoms with Gasteiger partial charge in [-0.15, -0.1) is 0 Å². The Morgan fingerprint density at radius 3 is 2.74 bits per heavy atom. The van der Waals surface area contributed by atoms with Crippen LogP contribution in [0.25, 0.3) is 0 Å². The Hall–Kier alpha value is -3.05. The van der Waals surface area contributed by atoms with E-state index in [0.29, 0.717) is 43.7 Å². The molecule has 5 nitrogen and oxygen atoms in total. The summed E-state index contributed by atoms with van der Waals surface area (Å²) < 4.78 is 6.54. The third-order valence-electron chi connectivity index (χ3n) is 11.4. The standard InChI is InChI=1S/C37H43ClN2O3/c1-24(23-43-33-13-19-39-31-11-5-7-25(2)34(31)33)21-27-22-26-8-3-4-9-29(26)36(27)15-17-37(18-16-36,35(41)42)40-20-14-28-30(38)10-6-12-32(28)40/h3-4,6,8-10,12-13,19,24-25,27H,5,7,11,14-18,20-23H2,1-2H3,(H,41,42)/t24-,25-,27?,36?,37?/m1/s1. The van der Waals surface area contributed by atoms with Crippen LogP contribution in [0.5, 0.6) is 5.75 Å². The Bertz CT molecular complexity index is 1530. The minimum absolute atomic E-state index is 0.00500. The second-order valence-electron chi connectivity index (χ2n) is 13.8. The number of nitrogens with zero attached hydrogens (tertiary/aromatic N) is 2. The van der Waals surface area contributed by atoms with Gasteiger partial charge >= 0.3 is 5.97 Å².